The van der Waals surface area contributed by atoms with Crippen LogP contribution in [-0.2, 0) is 24.5 Å². The highest BCUT2D eigenvalue weighted by atomic mass is 31.2. The minimum atomic E-state index is -3.23. The van der Waals surface area contributed by atoms with Gasteiger partial charge in [-0.15, -0.1) is 0 Å². The van der Waals surface area contributed by atoms with Crippen molar-refractivity contribution in [3.8, 4) is 6.07 Å². The molecule has 1 N–H and O–H groups in total. The Balaban J connectivity index is 2.30. The average Bonchev–Trinajstić information content (AvgIpc) is 3.03. The molecule has 0 heterocycles. The van der Waals surface area contributed by atoms with Crippen LogP contribution in [0.2, 0.25) is 0 Å². The van der Waals surface area contributed by atoms with Gasteiger partial charge in [-0.3, -0.25) is 9.59 Å². The van der Waals surface area contributed by atoms with E-state index in [0.717, 1.165) is 15.9 Å². The summed E-state index contributed by atoms with van der Waals surface area (Å²) < 4.78 is 10.9. The molecule has 0 aliphatic rings. The molecule has 0 fully saturated rings. The zero-order valence-electron chi connectivity index (χ0n) is 23.1. The SMILES string of the molecule is COC(=O)C(/C(=C(\O)OC)[P+](c1ccccc1)(c1ccccc1)c1ccccc1)C(C#N)(C(C)=O)c1ccccc1. The van der Waals surface area contributed by atoms with Crippen LogP contribution < -0.4 is 15.9 Å². The lowest BCUT2D eigenvalue weighted by molar-refractivity contribution is -0.148. The number of ketones is 1. The van der Waals surface area contributed by atoms with E-state index in [0.29, 0.717) is 5.56 Å². The third-order valence-corrected chi connectivity index (χ3v) is 11.7. The predicted octanol–water partition coefficient (Wildman–Crippen LogP) is 5.19. The van der Waals surface area contributed by atoms with Crippen LogP contribution in [0.4, 0.5) is 0 Å². The van der Waals surface area contributed by atoms with Gasteiger partial charge in [0.15, 0.2) is 22.4 Å². The number of nitrogens with zero attached hydrogens (tertiary/aromatic N) is 1. The fourth-order valence-corrected chi connectivity index (χ4v) is 10.1. The zero-order valence-corrected chi connectivity index (χ0v) is 24.0. The Hall–Kier alpha value is -4.72. The average molecular weight is 565 g/mol. The third-order valence-electron chi connectivity index (χ3n) is 7.31. The van der Waals surface area contributed by atoms with E-state index in [-0.39, 0.29) is 5.31 Å². The summed E-state index contributed by atoms with van der Waals surface area (Å²) in [5.74, 6) is -3.56. The number of hydrogen-bond acceptors (Lipinski definition) is 6. The lowest BCUT2D eigenvalue weighted by Crippen LogP contribution is -2.49. The van der Waals surface area contributed by atoms with Crippen LogP contribution in [0.1, 0.15) is 12.5 Å². The molecule has 7 heteroatoms. The molecule has 2 atom stereocenters. The number of carbonyl (C=O) groups excluding carboxylic acids is 2. The number of Topliss-reactive ketones (excluding diaryl/α,β-unsaturated/α-hetero) is 1. The molecule has 0 aliphatic carbocycles. The Kier molecular flexibility index (Phi) is 9.02. The zero-order chi connectivity index (χ0) is 29.5. The van der Waals surface area contributed by atoms with Crippen molar-refractivity contribution in [2.24, 2.45) is 5.92 Å². The summed E-state index contributed by atoms with van der Waals surface area (Å²) in [6.07, 6.45) is 0. The molecule has 0 saturated carbocycles. The number of carbonyl (C=O) groups is 2. The number of aliphatic hydroxyl groups excluding tert-OH is 1. The van der Waals surface area contributed by atoms with E-state index in [1.165, 1.54) is 21.1 Å². The van der Waals surface area contributed by atoms with Crippen molar-refractivity contribution in [3.05, 3.63) is 138 Å². The normalized spacial score (nSPS) is 14.0. The summed E-state index contributed by atoms with van der Waals surface area (Å²) in [5, 5.41) is 25.1. The maximum atomic E-state index is 14.1. The van der Waals surface area contributed by atoms with Crippen LogP contribution >= 0.6 is 7.26 Å². The smallest absolute Gasteiger partial charge is 0.319 e. The maximum absolute atomic E-state index is 14.1. The van der Waals surface area contributed by atoms with Gasteiger partial charge in [0.2, 0.25) is 0 Å². The molecule has 206 valence electrons. The number of nitriles is 1. The second kappa shape index (κ2) is 12.6. The number of methoxy groups -OCH3 is 2. The molecule has 2 unspecified atom stereocenters. The van der Waals surface area contributed by atoms with Gasteiger partial charge in [0, 0.05) is 0 Å². The first kappa shape index (κ1) is 29.3. The van der Waals surface area contributed by atoms with Gasteiger partial charge in [0.1, 0.15) is 23.2 Å². The Labute approximate surface area is 240 Å². The van der Waals surface area contributed by atoms with E-state index in [1.807, 2.05) is 91.0 Å². The second-order valence-corrected chi connectivity index (χ2v) is 12.7. The Morgan fingerprint density at radius 2 is 1.12 bits per heavy atom. The number of aliphatic hydroxyl groups is 1. The van der Waals surface area contributed by atoms with E-state index in [2.05, 4.69) is 6.07 Å². The van der Waals surface area contributed by atoms with Crippen molar-refractivity contribution in [1.82, 2.24) is 0 Å². The molecule has 0 radical (unpaired) electrons. The summed E-state index contributed by atoms with van der Waals surface area (Å²) >= 11 is 0. The van der Waals surface area contributed by atoms with Crippen LogP contribution in [0.5, 0.6) is 0 Å². The number of benzene rings is 4. The fraction of sp³-hybridized carbons (Fsp3) is 0.147. The van der Waals surface area contributed by atoms with Crippen LogP contribution in [0.3, 0.4) is 0 Å². The highest BCUT2D eigenvalue weighted by Crippen LogP contribution is 2.67. The van der Waals surface area contributed by atoms with Crippen LogP contribution in [0, 0.1) is 17.2 Å². The largest absolute Gasteiger partial charge is 0.478 e. The van der Waals surface area contributed by atoms with Gasteiger partial charge in [0.25, 0.3) is 0 Å². The summed E-state index contributed by atoms with van der Waals surface area (Å²) in [6, 6.07) is 39.1. The number of hydrogen-bond donors (Lipinski definition) is 1. The second-order valence-electron chi connectivity index (χ2n) is 9.37. The van der Waals surface area contributed by atoms with Crippen molar-refractivity contribution >= 4 is 34.9 Å². The van der Waals surface area contributed by atoms with Crippen LogP contribution in [0.25, 0.3) is 0 Å². The molecule has 4 aromatic rings. The molecule has 41 heavy (non-hydrogen) atoms. The number of ether oxygens (including phenoxy) is 2. The summed E-state index contributed by atoms with van der Waals surface area (Å²) in [7, 11) is -0.727. The van der Waals surface area contributed by atoms with Crippen LogP contribution in [-0.4, -0.2) is 31.1 Å². The monoisotopic (exact) mass is 564 g/mol. The summed E-state index contributed by atoms with van der Waals surface area (Å²) in [5.41, 5.74) is -1.75. The summed E-state index contributed by atoms with van der Waals surface area (Å²) in [6.45, 7) is 1.28. The number of rotatable bonds is 10. The Morgan fingerprint density at radius 1 is 0.732 bits per heavy atom. The lowest BCUT2D eigenvalue weighted by atomic mass is 9.68. The van der Waals surface area contributed by atoms with Crippen molar-refractivity contribution < 1.29 is 24.2 Å². The van der Waals surface area contributed by atoms with Crippen molar-refractivity contribution in [2.75, 3.05) is 14.2 Å². The van der Waals surface area contributed by atoms with E-state index >= 15 is 0 Å². The van der Waals surface area contributed by atoms with E-state index in [1.54, 1.807) is 30.3 Å². The summed E-state index contributed by atoms with van der Waals surface area (Å²) in [4.78, 5) is 27.8. The topological polar surface area (TPSA) is 96.6 Å². The Morgan fingerprint density at radius 3 is 1.44 bits per heavy atom. The van der Waals surface area contributed by atoms with Gasteiger partial charge in [-0.25, -0.2) is 0 Å². The molecular formula is C34H31NO5P+. The number of esters is 1. The minimum Gasteiger partial charge on any atom is -0.478 e. The van der Waals surface area contributed by atoms with Crippen molar-refractivity contribution in [1.29, 1.82) is 5.26 Å². The van der Waals surface area contributed by atoms with Gasteiger partial charge in [-0.1, -0.05) is 84.9 Å². The molecule has 4 aromatic carbocycles. The van der Waals surface area contributed by atoms with Gasteiger partial charge in [-0.05, 0) is 48.9 Å². The third kappa shape index (κ3) is 5.01. The standard InChI is InChI=1S/C34H30NO5P/c1-25(36)34(24-35,26-16-8-4-9-17-26)30(32(37)39-2)31(33(38)40-3)41(27-18-10-5-11-19-27,28-20-12-6-13-21-28)29-22-14-7-15-23-29/h4-23,30H,1-3H3/p+1/b33-31-. The molecule has 0 amide bonds. The van der Waals surface area contributed by atoms with E-state index in [9.17, 15) is 20.0 Å². The van der Waals surface area contributed by atoms with Gasteiger partial charge >= 0.3 is 11.9 Å². The van der Waals surface area contributed by atoms with Gasteiger partial charge < -0.3 is 14.6 Å². The fourth-order valence-electron chi connectivity index (χ4n) is 5.48. The Bertz CT molecular complexity index is 1470. The first-order chi connectivity index (χ1) is 19.9. The van der Waals surface area contributed by atoms with Crippen molar-refractivity contribution in [2.45, 2.75) is 12.3 Å². The molecular weight excluding hydrogens is 533 g/mol. The van der Waals surface area contributed by atoms with Gasteiger partial charge in [0.05, 0.1) is 20.3 Å². The molecule has 0 spiro atoms. The van der Waals surface area contributed by atoms with Gasteiger partial charge in [-0.2, -0.15) is 5.26 Å². The molecule has 0 saturated heterocycles. The quantitative estimate of drug-likeness (QED) is 0.162. The molecule has 0 bridgehead atoms. The van der Waals surface area contributed by atoms with E-state index in [4.69, 9.17) is 9.47 Å². The minimum absolute atomic E-state index is 0.107. The van der Waals surface area contributed by atoms with Crippen LogP contribution in [0.15, 0.2) is 133 Å². The highest BCUT2D eigenvalue weighted by molar-refractivity contribution is 7.99. The van der Waals surface area contributed by atoms with Crippen molar-refractivity contribution in [3.63, 3.8) is 0 Å². The molecule has 6 nitrogen and oxygen atoms in total. The first-order valence-corrected chi connectivity index (χ1v) is 14.8. The lowest BCUT2D eigenvalue weighted by Gasteiger charge is -2.37. The molecule has 0 aliphatic heterocycles. The predicted molar refractivity (Wildman–Crippen MR) is 162 cm³/mol. The van der Waals surface area contributed by atoms with E-state index < -0.39 is 36.3 Å². The highest BCUT2D eigenvalue weighted by Gasteiger charge is 2.64. The molecule has 0 aromatic heterocycles. The molecule has 4 rings (SSSR count). The first-order valence-electron chi connectivity index (χ1n) is 13.0. The maximum Gasteiger partial charge on any atom is 0.319 e.